The lowest BCUT2D eigenvalue weighted by molar-refractivity contribution is 0.0963. The predicted molar refractivity (Wildman–Crippen MR) is 91.6 cm³/mol. The molecule has 106 valence electrons. The molecule has 0 spiro atoms. The first-order chi connectivity index (χ1) is 9.51. The first kappa shape index (κ1) is 15.5. The van der Waals surface area contributed by atoms with Crippen LogP contribution in [-0.2, 0) is 6.54 Å². The average Bonchev–Trinajstić information content (AvgIpc) is 2.76. The van der Waals surface area contributed by atoms with Crippen molar-refractivity contribution in [3.8, 4) is 0 Å². The highest BCUT2D eigenvalue weighted by molar-refractivity contribution is 9.13. The third-order valence-electron chi connectivity index (χ3n) is 2.88. The Morgan fingerprint density at radius 3 is 2.65 bits per heavy atom. The summed E-state index contributed by atoms with van der Waals surface area (Å²) in [5, 5.41) is 6.01. The molecular formula is C14H14Br2N2OS. The quantitative estimate of drug-likeness (QED) is 0.765. The van der Waals surface area contributed by atoms with E-state index in [1.54, 1.807) is 18.4 Å². The summed E-state index contributed by atoms with van der Waals surface area (Å²) in [5.74, 6) is -0.0744. The number of hydrogen-bond donors (Lipinski definition) is 2. The second-order valence-electron chi connectivity index (χ2n) is 4.30. The predicted octanol–water partition coefficient (Wildman–Crippen LogP) is 4.55. The highest BCUT2D eigenvalue weighted by Crippen LogP contribution is 2.32. The lowest BCUT2D eigenvalue weighted by Crippen LogP contribution is -2.18. The molecule has 1 aromatic carbocycles. The van der Waals surface area contributed by atoms with E-state index in [9.17, 15) is 4.79 Å². The largest absolute Gasteiger partial charge is 0.380 e. The van der Waals surface area contributed by atoms with E-state index in [1.807, 2.05) is 25.1 Å². The number of aryl methyl sites for hydroxylation is 1. The smallest absolute Gasteiger partial charge is 0.251 e. The monoisotopic (exact) mass is 416 g/mol. The number of carbonyl (C=O) groups excluding carboxylic acids is 1. The van der Waals surface area contributed by atoms with E-state index in [-0.39, 0.29) is 5.91 Å². The van der Waals surface area contributed by atoms with E-state index in [1.165, 1.54) is 4.88 Å². The van der Waals surface area contributed by atoms with Crippen molar-refractivity contribution in [2.75, 3.05) is 12.4 Å². The van der Waals surface area contributed by atoms with Crippen LogP contribution in [0.5, 0.6) is 0 Å². The van der Waals surface area contributed by atoms with E-state index in [4.69, 9.17) is 0 Å². The van der Waals surface area contributed by atoms with Gasteiger partial charge in [0.25, 0.3) is 5.91 Å². The molecule has 0 unspecified atom stereocenters. The Balaban J connectivity index is 2.14. The van der Waals surface area contributed by atoms with Gasteiger partial charge in [-0.05, 0) is 62.5 Å². The van der Waals surface area contributed by atoms with Crippen molar-refractivity contribution in [3.05, 3.63) is 48.5 Å². The van der Waals surface area contributed by atoms with Gasteiger partial charge >= 0.3 is 0 Å². The van der Waals surface area contributed by atoms with Gasteiger partial charge < -0.3 is 10.6 Å². The van der Waals surface area contributed by atoms with Gasteiger partial charge in [0.1, 0.15) is 0 Å². The number of hydrogen-bond acceptors (Lipinski definition) is 3. The van der Waals surface area contributed by atoms with Gasteiger partial charge in [-0.25, -0.2) is 0 Å². The molecule has 0 bridgehead atoms. The summed E-state index contributed by atoms with van der Waals surface area (Å²) in [6, 6.07) is 7.75. The van der Waals surface area contributed by atoms with Crippen LogP contribution in [0.3, 0.4) is 0 Å². The van der Waals surface area contributed by atoms with Crippen LogP contribution in [0, 0.1) is 6.92 Å². The second-order valence-corrected chi connectivity index (χ2v) is 7.61. The van der Waals surface area contributed by atoms with Gasteiger partial charge in [-0.2, -0.15) is 0 Å². The summed E-state index contributed by atoms with van der Waals surface area (Å²) in [4.78, 5) is 12.9. The number of amides is 1. The third kappa shape index (κ3) is 3.62. The van der Waals surface area contributed by atoms with Gasteiger partial charge in [-0.3, -0.25) is 4.79 Å². The molecule has 0 aliphatic heterocycles. The molecule has 1 aromatic heterocycles. The van der Waals surface area contributed by atoms with E-state index in [0.29, 0.717) is 5.56 Å². The van der Waals surface area contributed by atoms with Gasteiger partial charge in [-0.15, -0.1) is 11.3 Å². The van der Waals surface area contributed by atoms with Crippen LogP contribution in [0.1, 0.15) is 20.8 Å². The Morgan fingerprint density at radius 2 is 2.05 bits per heavy atom. The van der Waals surface area contributed by atoms with E-state index in [0.717, 1.165) is 26.1 Å². The molecule has 2 N–H and O–H groups in total. The molecule has 2 aromatic rings. The Hall–Kier alpha value is -0.850. The van der Waals surface area contributed by atoms with Gasteiger partial charge in [-0.1, -0.05) is 6.07 Å². The van der Waals surface area contributed by atoms with Crippen molar-refractivity contribution in [1.29, 1.82) is 0 Å². The zero-order chi connectivity index (χ0) is 14.7. The number of rotatable bonds is 4. The molecule has 3 nitrogen and oxygen atoms in total. The zero-order valence-corrected chi connectivity index (χ0v) is 15.1. The summed E-state index contributed by atoms with van der Waals surface area (Å²) < 4.78 is 2.15. The van der Waals surface area contributed by atoms with Crippen molar-refractivity contribution in [2.24, 2.45) is 0 Å². The molecule has 0 aliphatic carbocycles. The van der Waals surface area contributed by atoms with Crippen LogP contribution < -0.4 is 10.6 Å². The van der Waals surface area contributed by atoms with Crippen molar-refractivity contribution in [3.63, 3.8) is 0 Å². The summed E-state index contributed by atoms with van der Waals surface area (Å²) in [5.41, 5.74) is 2.76. The number of benzene rings is 1. The molecule has 0 aliphatic rings. The number of thiophene rings is 1. The third-order valence-corrected chi connectivity index (χ3v) is 6.13. The Kier molecular flexibility index (Phi) is 5.23. The lowest BCUT2D eigenvalue weighted by atomic mass is 10.1. The van der Waals surface area contributed by atoms with Crippen LogP contribution >= 0.6 is 43.2 Å². The molecule has 0 saturated heterocycles. The van der Waals surface area contributed by atoms with Gasteiger partial charge in [0.15, 0.2) is 0 Å². The van der Waals surface area contributed by atoms with Crippen molar-refractivity contribution < 1.29 is 4.79 Å². The molecule has 6 heteroatoms. The Labute approximate surface area is 139 Å². The minimum Gasteiger partial charge on any atom is -0.380 e. The molecule has 2 rings (SSSR count). The number of carbonyl (C=O) groups is 1. The summed E-state index contributed by atoms with van der Waals surface area (Å²) in [6.07, 6.45) is 0. The fourth-order valence-electron chi connectivity index (χ4n) is 1.76. The topological polar surface area (TPSA) is 41.1 Å². The van der Waals surface area contributed by atoms with Crippen LogP contribution in [0.2, 0.25) is 0 Å². The number of nitrogens with one attached hydrogen (secondary N) is 2. The number of anilines is 1. The maximum Gasteiger partial charge on any atom is 0.251 e. The first-order valence-corrected chi connectivity index (χ1v) is 8.42. The zero-order valence-electron chi connectivity index (χ0n) is 11.1. The number of halogens is 2. The summed E-state index contributed by atoms with van der Waals surface area (Å²) in [6.45, 7) is 2.75. The van der Waals surface area contributed by atoms with Crippen molar-refractivity contribution in [2.45, 2.75) is 13.5 Å². The van der Waals surface area contributed by atoms with Crippen molar-refractivity contribution in [1.82, 2.24) is 5.32 Å². The Morgan fingerprint density at radius 1 is 1.30 bits per heavy atom. The molecular weight excluding hydrogens is 404 g/mol. The minimum absolute atomic E-state index is 0.0744. The lowest BCUT2D eigenvalue weighted by Gasteiger charge is -2.10. The van der Waals surface area contributed by atoms with Gasteiger partial charge in [0, 0.05) is 34.2 Å². The normalized spacial score (nSPS) is 10.4. The molecule has 1 heterocycles. The van der Waals surface area contributed by atoms with Gasteiger partial charge in [0.2, 0.25) is 0 Å². The molecule has 0 radical (unpaired) electrons. The second kappa shape index (κ2) is 6.74. The average molecular weight is 418 g/mol. The maximum absolute atomic E-state index is 11.6. The molecule has 0 atom stereocenters. The summed E-state index contributed by atoms with van der Waals surface area (Å²) >= 11 is 8.65. The first-order valence-electron chi connectivity index (χ1n) is 6.01. The maximum atomic E-state index is 11.6. The standard InChI is InChI=1S/C14H14Br2N2OS/c1-8-3-4-9(14(19)17-2)5-12(8)18-7-10-6-11(15)13(16)20-10/h3-6,18H,7H2,1-2H3,(H,17,19). The van der Waals surface area contributed by atoms with Crippen LogP contribution in [0.15, 0.2) is 32.5 Å². The molecule has 1 amide bonds. The molecule has 0 fully saturated rings. The van der Waals surface area contributed by atoms with Crippen LogP contribution in [-0.4, -0.2) is 13.0 Å². The van der Waals surface area contributed by atoms with Crippen LogP contribution in [0.25, 0.3) is 0 Å². The highest BCUT2D eigenvalue weighted by atomic mass is 79.9. The highest BCUT2D eigenvalue weighted by Gasteiger charge is 2.08. The van der Waals surface area contributed by atoms with Gasteiger partial charge in [0.05, 0.1) is 3.79 Å². The fourth-order valence-corrected chi connectivity index (χ4v) is 3.88. The fraction of sp³-hybridized carbons (Fsp3) is 0.214. The van der Waals surface area contributed by atoms with Crippen LogP contribution in [0.4, 0.5) is 5.69 Å². The van der Waals surface area contributed by atoms with E-state index < -0.39 is 0 Å². The van der Waals surface area contributed by atoms with E-state index in [2.05, 4.69) is 48.6 Å². The van der Waals surface area contributed by atoms with E-state index >= 15 is 0 Å². The molecule has 20 heavy (non-hydrogen) atoms. The van der Waals surface area contributed by atoms with Crippen molar-refractivity contribution >= 4 is 54.8 Å². The molecule has 0 saturated carbocycles. The summed E-state index contributed by atoms with van der Waals surface area (Å²) in [7, 11) is 1.63. The Bertz CT molecular complexity index is 621. The SMILES string of the molecule is CNC(=O)c1ccc(C)c(NCc2cc(Br)c(Br)s2)c1. The minimum atomic E-state index is -0.0744.